The molecule has 4 heteroatoms. The van der Waals surface area contributed by atoms with Gasteiger partial charge in [-0.3, -0.25) is 9.59 Å². The first kappa shape index (κ1) is 16.9. The molecule has 0 bridgehead atoms. The van der Waals surface area contributed by atoms with E-state index < -0.39 is 17.4 Å². The Balaban J connectivity index is 4.82. The van der Waals surface area contributed by atoms with Crippen molar-refractivity contribution in [3.05, 3.63) is 0 Å². The van der Waals surface area contributed by atoms with Crippen LogP contribution in [0.1, 0.15) is 65.7 Å². The molecule has 0 fully saturated rings. The van der Waals surface area contributed by atoms with E-state index in [4.69, 9.17) is 0 Å². The van der Waals surface area contributed by atoms with Crippen molar-refractivity contribution in [2.75, 3.05) is 0 Å². The van der Waals surface area contributed by atoms with Crippen molar-refractivity contribution in [1.82, 2.24) is 0 Å². The van der Waals surface area contributed by atoms with E-state index in [9.17, 15) is 19.8 Å². The van der Waals surface area contributed by atoms with Crippen molar-refractivity contribution in [2.45, 2.75) is 65.7 Å². The Bertz CT molecular complexity index is 259. The summed E-state index contributed by atoms with van der Waals surface area (Å²) in [6.45, 7) is 5.64. The predicted molar refractivity (Wildman–Crippen MR) is 70.5 cm³/mol. The van der Waals surface area contributed by atoms with Gasteiger partial charge >= 0.3 is 11.9 Å². The summed E-state index contributed by atoms with van der Waals surface area (Å²) in [4.78, 5) is 22.8. The molecule has 1 atom stereocenters. The first-order valence-electron chi connectivity index (χ1n) is 6.94. The molecule has 0 amide bonds. The molecule has 1 unspecified atom stereocenters. The van der Waals surface area contributed by atoms with Crippen LogP contribution in [-0.4, -0.2) is 22.2 Å². The topological polar surface area (TPSA) is 74.6 Å². The van der Waals surface area contributed by atoms with Crippen molar-refractivity contribution >= 4 is 11.9 Å². The molecule has 0 aliphatic carbocycles. The lowest BCUT2D eigenvalue weighted by molar-refractivity contribution is -0.170. The molecule has 0 spiro atoms. The van der Waals surface area contributed by atoms with Gasteiger partial charge in [-0.2, -0.15) is 0 Å². The van der Waals surface area contributed by atoms with Crippen molar-refractivity contribution in [3.8, 4) is 0 Å². The molecular formula is C14H26O4. The fourth-order valence-corrected chi connectivity index (χ4v) is 2.65. The Morgan fingerprint density at radius 3 is 1.89 bits per heavy atom. The maximum Gasteiger partial charge on any atom is 0.321 e. The van der Waals surface area contributed by atoms with Crippen molar-refractivity contribution in [1.29, 1.82) is 0 Å². The van der Waals surface area contributed by atoms with E-state index in [1.165, 1.54) is 0 Å². The van der Waals surface area contributed by atoms with Crippen LogP contribution in [0, 0.1) is 11.3 Å². The van der Waals surface area contributed by atoms with Gasteiger partial charge in [-0.1, -0.05) is 52.9 Å². The van der Waals surface area contributed by atoms with Crippen LogP contribution >= 0.6 is 0 Å². The number of carboxylic acids is 2. The van der Waals surface area contributed by atoms with Crippen LogP contribution < -0.4 is 0 Å². The summed E-state index contributed by atoms with van der Waals surface area (Å²) in [6, 6.07) is 0. The Morgan fingerprint density at radius 2 is 1.56 bits per heavy atom. The van der Waals surface area contributed by atoms with Crippen LogP contribution in [0.3, 0.4) is 0 Å². The van der Waals surface area contributed by atoms with Crippen molar-refractivity contribution in [3.63, 3.8) is 0 Å². The quantitative estimate of drug-likeness (QED) is 0.464. The van der Waals surface area contributed by atoms with Gasteiger partial charge in [-0.15, -0.1) is 0 Å². The van der Waals surface area contributed by atoms with E-state index in [1.807, 2.05) is 6.92 Å². The Kier molecular flexibility index (Phi) is 7.64. The van der Waals surface area contributed by atoms with Gasteiger partial charge in [0.1, 0.15) is 0 Å². The van der Waals surface area contributed by atoms with Crippen LogP contribution in [0.15, 0.2) is 0 Å². The molecule has 4 nitrogen and oxygen atoms in total. The number of carbonyl (C=O) groups is 2. The summed E-state index contributed by atoms with van der Waals surface area (Å²) in [5.74, 6) is -2.67. The third kappa shape index (κ3) is 3.72. The summed E-state index contributed by atoms with van der Waals surface area (Å²) in [6.07, 6.45) is 5.62. The normalized spacial score (nSPS) is 13.3. The molecule has 0 aromatic rings. The highest BCUT2D eigenvalue weighted by molar-refractivity contribution is 5.98. The molecule has 0 aliphatic rings. The second kappa shape index (κ2) is 8.11. The zero-order valence-electron chi connectivity index (χ0n) is 11.7. The fourth-order valence-electron chi connectivity index (χ4n) is 2.65. The second-order valence-electron chi connectivity index (χ2n) is 4.89. The van der Waals surface area contributed by atoms with Crippen LogP contribution in [0.2, 0.25) is 0 Å². The van der Waals surface area contributed by atoms with E-state index in [1.54, 1.807) is 6.92 Å². The summed E-state index contributed by atoms with van der Waals surface area (Å²) < 4.78 is 0. The standard InChI is InChI=1S/C14H26O4/c1-4-7-8-9-10-11(5-2)14(6-3,12(15)16)13(17)18/h11H,4-10H2,1-3H3,(H,15,16)(H,17,18). The van der Waals surface area contributed by atoms with Crippen LogP contribution in [0.25, 0.3) is 0 Å². The molecule has 0 aromatic heterocycles. The van der Waals surface area contributed by atoms with Gasteiger partial charge in [0, 0.05) is 0 Å². The third-order valence-corrected chi connectivity index (χ3v) is 3.92. The average molecular weight is 258 g/mol. The van der Waals surface area contributed by atoms with Crippen LogP contribution in [0.4, 0.5) is 0 Å². The number of hydrogen-bond donors (Lipinski definition) is 2. The van der Waals surface area contributed by atoms with E-state index in [-0.39, 0.29) is 12.3 Å². The molecule has 106 valence electrons. The first-order valence-corrected chi connectivity index (χ1v) is 6.94. The summed E-state index contributed by atoms with van der Waals surface area (Å²) in [5, 5.41) is 18.6. The van der Waals surface area contributed by atoms with Crippen LogP contribution in [0.5, 0.6) is 0 Å². The number of rotatable bonds is 10. The van der Waals surface area contributed by atoms with Crippen molar-refractivity contribution < 1.29 is 19.8 Å². The molecule has 0 heterocycles. The maximum atomic E-state index is 11.4. The Hall–Kier alpha value is -1.06. The smallest absolute Gasteiger partial charge is 0.321 e. The van der Waals surface area contributed by atoms with Crippen molar-refractivity contribution in [2.24, 2.45) is 11.3 Å². The highest BCUT2D eigenvalue weighted by Crippen LogP contribution is 2.38. The van der Waals surface area contributed by atoms with E-state index in [0.717, 1.165) is 25.7 Å². The SMILES string of the molecule is CCCCCCC(CC)C(CC)(C(=O)O)C(=O)O. The van der Waals surface area contributed by atoms with Gasteiger partial charge < -0.3 is 10.2 Å². The molecule has 0 saturated heterocycles. The number of carboxylic acid groups (broad SMARTS) is 2. The molecule has 0 aliphatic heterocycles. The van der Waals surface area contributed by atoms with E-state index in [0.29, 0.717) is 12.8 Å². The maximum absolute atomic E-state index is 11.4. The lowest BCUT2D eigenvalue weighted by atomic mass is 9.70. The van der Waals surface area contributed by atoms with Gasteiger partial charge in [0.2, 0.25) is 0 Å². The molecule has 2 N–H and O–H groups in total. The highest BCUT2D eigenvalue weighted by atomic mass is 16.4. The minimum Gasteiger partial charge on any atom is -0.480 e. The number of hydrogen-bond acceptors (Lipinski definition) is 2. The van der Waals surface area contributed by atoms with E-state index >= 15 is 0 Å². The summed E-state index contributed by atoms with van der Waals surface area (Å²) in [5.41, 5.74) is -1.61. The first-order chi connectivity index (χ1) is 8.47. The van der Waals surface area contributed by atoms with Crippen LogP contribution in [-0.2, 0) is 9.59 Å². The number of unbranched alkanes of at least 4 members (excludes halogenated alkanes) is 3. The van der Waals surface area contributed by atoms with Gasteiger partial charge in [-0.05, 0) is 18.8 Å². The lowest BCUT2D eigenvalue weighted by Crippen LogP contribution is -2.45. The molecule has 18 heavy (non-hydrogen) atoms. The largest absolute Gasteiger partial charge is 0.480 e. The molecule has 0 radical (unpaired) electrons. The molecule has 0 rings (SSSR count). The predicted octanol–water partition coefficient (Wildman–Crippen LogP) is 3.55. The molecule has 0 aromatic carbocycles. The third-order valence-electron chi connectivity index (χ3n) is 3.92. The fraction of sp³-hybridized carbons (Fsp3) is 0.857. The second-order valence-corrected chi connectivity index (χ2v) is 4.89. The zero-order valence-corrected chi connectivity index (χ0v) is 11.7. The lowest BCUT2D eigenvalue weighted by Gasteiger charge is -2.32. The van der Waals surface area contributed by atoms with Gasteiger partial charge in [-0.25, -0.2) is 0 Å². The summed E-state index contributed by atoms with van der Waals surface area (Å²) in [7, 11) is 0. The minimum absolute atomic E-state index is 0.143. The van der Waals surface area contributed by atoms with E-state index in [2.05, 4.69) is 6.92 Å². The minimum atomic E-state index is -1.61. The Labute approximate surface area is 109 Å². The summed E-state index contributed by atoms with van der Waals surface area (Å²) >= 11 is 0. The number of aliphatic carboxylic acids is 2. The molecule has 0 saturated carbocycles. The monoisotopic (exact) mass is 258 g/mol. The van der Waals surface area contributed by atoms with Gasteiger partial charge in [0.15, 0.2) is 5.41 Å². The van der Waals surface area contributed by atoms with Gasteiger partial charge in [0.25, 0.3) is 0 Å². The zero-order chi connectivity index (χ0) is 14.2. The Morgan fingerprint density at radius 1 is 1.00 bits per heavy atom. The van der Waals surface area contributed by atoms with Gasteiger partial charge in [0.05, 0.1) is 0 Å². The highest BCUT2D eigenvalue weighted by Gasteiger charge is 2.50. The average Bonchev–Trinajstić information content (AvgIpc) is 2.32. The molecular weight excluding hydrogens is 232 g/mol.